The number of hydrogen-bond acceptors (Lipinski definition) is 1. The summed E-state index contributed by atoms with van der Waals surface area (Å²) in [7, 11) is 0. The molecule has 2 saturated carbocycles. The van der Waals surface area contributed by atoms with Gasteiger partial charge in [-0.25, -0.2) is 13.2 Å². The molecule has 0 N–H and O–H groups in total. The van der Waals surface area contributed by atoms with Crippen LogP contribution in [0.1, 0.15) is 62.8 Å². The Kier molecular flexibility index (Phi) is 5.08. The monoisotopic (exact) mass is 324 g/mol. The molecule has 126 valence electrons. The lowest BCUT2D eigenvalue weighted by Crippen LogP contribution is -2.30. The Morgan fingerprint density at radius 3 is 2.30 bits per heavy atom. The van der Waals surface area contributed by atoms with Crippen LogP contribution in [0.25, 0.3) is 0 Å². The Hall–Kier alpha value is -1.32. The molecule has 1 aromatic carbocycles. The molecular formula is C19H23F3O. The summed E-state index contributed by atoms with van der Waals surface area (Å²) < 4.78 is 40.0. The fourth-order valence-electron chi connectivity index (χ4n) is 4.67. The van der Waals surface area contributed by atoms with E-state index in [0.29, 0.717) is 29.7 Å². The van der Waals surface area contributed by atoms with Crippen LogP contribution in [0.15, 0.2) is 12.1 Å². The van der Waals surface area contributed by atoms with Crippen molar-refractivity contribution in [2.75, 3.05) is 0 Å². The zero-order chi connectivity index (χ0) is 16.4. The van der Waals surface area contributed by atoms with E-state index in [2.05, 4.69) is 0 Å². The molecule has 4 heteroatoms. The number of fused-ring (bicyclic) bond motifs is 1. The summed E-state index contributed by atoms with van der Waals surface area (Å²) in [5, 5.41) is 0. The first-order chi connectivity index (χ1) is 11.1. The van der Waals surface area contributed by atoms with Gasteiger partial charge in [-0.1, -0.05) is 6.42 Å². The molecule has 4 atom stereocenters. The predicted molar refractivity (Wildman–Crippen MR) is 82.5 cm³/mol. The minimum atomic E-state index is -1.38. The molecule has 0 saturated heterocycles. The first-order valence-corrected chi connectivity index (χ1v) is 8.66. The smallest absolute Gasteiger partial charge is 0.194 e. The number of rotatable bonds is 4. The molecule has 0 heterocycles. The van der Waals surface area contributed by atoms with Crippen LogP contribution >= 0.6 is 0 Å². The standard InChI is InChI=1S/C19H23F3O/c20-17-10-16(11-18(21)19(17)22)15-6-5-13-8-12(2-1-7-23)3-4-14(13)9-15/h7,10-15H,1-6,8-9H2. The minimum Gasteiger partial charge on any atom is -0.303 e. The van der Waals surface area contributed by atoms with E-state index in [0.717, 1.165) is 44.8 Å². The molecule has 0 aliphatic heterocycles. The van der Waals surface area contributed by atoms with Crippen molar-refractivity contribution in [3.8, 4) is 0 Å². The summed E-state index contributed by atoms with van der Waals surface area (Å²) in [4.78, 5) is 10.5. The maximum absolute atomic E-state index is 13.5. The van der Waals surface area contributed by atoms with Crippen molar-refractivity contribution in [2.45, 2.75) is 57.3 Å². The fraction of sp³-hybridized carbons (Fsp3) is 0.632. The average molecular weight is 324 g/mol. The van der Waals surface area contributed by atoms with Gasteiger partial charge in [-0.2, -0.15) is 0 Å². The Morgan fingerprint density at radius 1 is 0.957 bits per heavy atom. The molecule has 4 unspecified atom stereocenters. The van der Waals surface area contributed by atoms with E-state index in [1.165, 1.54) is 18.6 Å². The molecule has 0 amide bonds. The van der Waals surface area contributed by atoms with Gasteiger partial charge in [0.1, 0.15) is 6.29 Å². The summed E-state index contributed by atoms with van der Waals surface area (Å²) in [6, 6.07) is 2.33. The van der Waals surface area contributed by atoms with Crippen molar-refractivity contribution < 1.29 is 18.0 Å². The van der Waals surface area contributed by atoms with E-state index < -0.39 is 17.5 Å². The van der Waals surface area contributed by atoms with Gasteiger partial charge in [0.15, 0.2) is 17.5 Å². The van der Waals surface area contributed by atoms with Crippen molar-refractivity contribution in [3.05, 3.63) is 35.1 Å². The van der Waals surface area contributed by atoms with Crippen LogP contribution in [0.3, 0.4) is 0 Å². The van der Waals surface area contributed by atoms with Gasteiger partial charge in [-0.3, -0.25) is 0 Å². The maximum atomic E-state index is 13.5. The molecule has 2 aliphatic carbocycles. The topological polar surface area (TPSA) is 17.1 Å². The molecule has 2 fully saturated rings. The van der Waals surface area contributed by atoms with Crippen LogP contribution in [-0.4, -0.2) is 6.29 Å². The molecule has 23 heavy (non-hydrogen) atoms. The molecule has 0 aromatic heterocycles. The van der Waals surface area contributed by atoms with Crippen molar-refractivity contribution in [2.24, 2.45) is 17.8 Å². The number of benzene rings is 1. The van der Waals surface area contributed by atoms with E-state index in [-0.39, 0.29) is 5.92 Å². The van der Waals surface area contributed by atoms with E-state index in [9.17, 15) is 18.0 Å². The maximum Gasteiger partial charge on any atom is 0.194 e. The second kappa shape index (κ2) is 7.06. The lowest BCUT2D eigenvalue weighted by molar-refractivity contribution is -0.108. The molecule has 3 rings (SSSR count). The van der Waals surface area contributed by atoms with Crippen LogP contribution in [-0.2, 0) is 4.79 Å². The third-order valence-corrected chi connectivity index (χ3v) is 5.89. The van der Waals surface area contributed by atoms with Gasteiger partial charge in [0, 0.05) is 6.42 Å². The third kappa shape index (κ3) is 3.61. The van der Waals surface area contributed by atoms with Crippen molar-refractivity contribution in [1.82, 2.24) is 0 Å². The quantitative estimate of drug-likeness (QED) is 0.536. The average Bonchev–Trinajstić information content (AvgIpc) is 2.56. The van der Waals surface area contributed by atoms with Gasteiger partial charge in [0.25, 0.3) is 0 Å². The summed E-state index contributed by atoms with van der Waals surface area (Å²) in [6.45, 7) is 0. The lowest BCUT2D eigenvalue weighted by Gasteiger charge is -2.42. The molecular weight excluding hydrogens is 301 g/mol. The lowest BCUT2D eigenvalue weighted by atomic mass is 9.63. The highest BCUT2D eigenvalue weighted by Gasteiger charge is 2.36. The molecule has 0 bridgehead atoms. The Morgan fingerprint density at radius 2 is 1.61 bits per heavy atom. The van der Waals surface area contributed by atoms with Gasteiger partial charge >= 0.3 is 0 Å². The van der Waals surface area contributed by atoms with E-state index in [1.54, 1.807) is 0 Å². The van der Waals surface area contributed by atoms with Crippen molar-refractivity contribution in [1.29, 1.82) is 0 Å². The zero-order valence-corrected chi connectivity index (χ0v) is 13.2. The fourth-order valence-corrected chi connectivity index (χ4v) is 4.67. The number of carbonyl (C=O) groups is 1. The Bertz CT molecular complexity index is 549. The van der Waals surface area contributed by atoms with E-state index in [1.807, 2.05) is 0 Å². The SMILES string of the molecule is O=CCCC1CCC2CC(c3cc(F)c(F)c(F)c3)CCC2C1. The van der Waals surface area contributed by atoms with Gasteiger partial charge in [0.05, 0.1) is 0 Å². The second-order valence-corrected chi connectivity index (χ2v) is 7.25. The number of halogens is 3. The second-order valence-electron chi connectivity index (χ2n) is 7.25. The first-order valence-electron chi connectivity index (χ1n) is 8.66. The van der Waals surface area contributed by atoms with Gasteiger partial charge in [-0.15, -0.1) is 0 Å². The molecule has 0 radical (unpaired) electrons. The summed E-state index contributed by atoms with van der Waals surface area (Å²) >= 11 is 0. The summed E-state index contributed by atoms with van der Waals surface area (Å²) in [5.41, 5.74) is 0.600. The van der Waals surface area contributed by atoms with Crippen molar-refractivity contribution in [3.63, 3.8) is 0 Å². The van der Waals surface area contributed by atoms with Crippen LogP contribution in [0.4, 0.5) is 13.2 Å². The van der Waals surface area contributed by atoms with Crippen LogP contribution in [0, 0.1) is 35.2 Å². The summed E-state index contributed by atoms with van der Waals surface area (Å²) in [5.74, 6) is -1.49. The first kappa shape index (κ1) is 16.5. The van der Waals surface area contributed by atoms with Crippen molar-refractivity contribution >= 4 is 6.29 Å². The molecule has 1 aromatic rings. The molecule has 0 spiro atoms. The molecule has 1 nitrogen and oxygen atoms in total. The van der Waals surface area contributed by atoms with Gasteiger partial charge in [-0.05, 0) is 79.9 Å². The third-order valence-electron chi connectivity index (χ3n) is 5.89. The highest BCUT2D eigenvalue weighted by Crippen LogP contribution is 2.48. The van der Waals surface area contributed by atoms with E-state index in [4.69, 9.17) is 0 Å². The van der Waals surface area contributed by atoms with Gasteiger partial charge in [0.2, 0.25) is 0 Å². The normalized spacial score (nSPS) is 30.7. The number of hydrogen-bond donors (Lipinski definition) is 0. The van der Waals surface area contributed by atoms with Crippen LogP contribution in [0.2, 0.25) is 0 Å². The summed E-state index contributed by atoms with van der Waals surface area (Å²) in [6.07, 6.45) is 9.02. The van der Waals surface area contributed by atoms with E-state index >= 15 is 0 Å². The molecule has 2 aliphatic rings. The highest BCUT2D eigenvalue weighted by atomic mass is 19.2. The zero-order valence-electron chi connectivity index (χ0n) is 13.2. The number of aldehydes is 1. The Labute approximate surface area is 135 Å². The van der Waals surface area contributed by atoms with Crippen LogP contribution < -0.4 is 0 Å². The largest absolute Gasteiger partial charge is 0.303 e. The highest BCUT2D eigenvalue weighted by molar-refractivity contribution is 5.49. The predicted octanol–water partition coefficient (Wildman–Crippen LogP) is 5.38. The number of carbonyl (C=O) groups excluding carboxylic acids is 1. The van der Waals surface area contributed by atoms with Gasteiger partial charge < -0.3 is 4.79 Å². The minimum absolute atomic E-state index is 0.132. The van der Waals surface area contributed by atoms with Crippen LogP contribution in [0.5, 0.6) is 0 Å². The Balaban J connectivity index is 1.64.